The first-order valence-corrected chi connectivity index (χ1v) is 7.22. The van der Waals surface area contributed by atoms with Gasteiger partial charge in [0.05, 0.1) is 6.10 Å². The molecule has 0 fully saturated rings. The first-order valence-electron chi connectivity index (χ1n) is 7.22. The number of aliphatic hydroxyl groups excluding tert-OH is 1. The van der Waals surface area contributed by atoms with E-state index in [9.17, 15) is 5.11 Å². The number of aliphatic hydroxyl groups is 1. The quantitative estimate of drug-likeness (QED) is 0.848. The third kappa shape index (κ3) is 3.30. The van der Waals surface area contributed by atoms with Gasteiger partial charge in [0.1, 0.15) is 0 Å². The number of aryl methyl sites for hydroxylation is 1. The van der Waals surface area contributed by atoms with E-state index in [1.54, 1.807) is 0 Å². The van der Waals surface area contributed by atoms with E-state index in [0.29, 0.717) is 6.54 Å². The zero-order chi connectivity index (χ0) is 14.5. The number of nitrogens with one attached hydrogen (secondary N) is 1. The zero-order valence-corrected chi connectivity index (χ0v) is 12.6. The van der Waals surface area contributed by atoms with Gasteiger partial charge in [0.15, 0.2) is 0 Å². The van der Waals surface area contributed by atoms with Crippen LogP contribution in [0.1, 0.15) is 35.5 Å². The van der Waals surface area contributed by atoms with Crippen molar-refractivity contribution >= 4 is 0 Å². The van der Waals surface area contributed by atoms with Gasteiger partial charge in [-0.15, -0.1) is 0 Å². The maximum atomic E-state index is 10.1. The van der Waals surface area contributed by atoms with E-state index in [1.165, 1.54) is 17.0 Å². The molecule has 3 nitrogen and oxygen atoms in total. The minimum Gasteiger partial charge on any atom is -0.387 e. The fourth-order valence-corrected chi connectivity index (χ4v) is 2.67. The largest absolute Gasteiger partial charge is 0.387 e. The molecule has 1 unspecified atom stereocenters. The second-order valence-corrected chi connectivity index (χ2v) is 5.20. The standard InChI is InChI=1S/C17H24N2O/c1-4-19-13(2)10-16(14(19)3)11-18-12-17(20)15-8-6-5-7-9-15/h5-10,17-18,20H,4,11-12H2,1-3H3. The number of nitrogens with zero attached hydrogens (tertiary/aromatic N) is 1. The Hall–Kier alpha value is -1.58. The topological polar surface area (TPSA) is 37.2 Å². The molecule has 20 heavy (non-hydrogen) atoms. The van der Waals surface area contributed by atoms with Crippen molar-refractivity contribution in [2.75, 3.05) is 6.54 Å². The Labute approximate surface area is 121 Å². The summed E-state index contributed by atoms with van der Waals surface area (Å²) in [7, 11) is 0. The summed E-state index contributed by atoms with van der Waals surface area (Å²) in [5.41, 5.74) is 4.88. The lowest BCUT2D eigenvalue weighted by Gasteiger charge is -2.12. The van der Waals surface area contributed by atoms with Crippen LogP contribution in [0.15, 0.2) is 36.4 Å². The molecule has 0 aliphatic rings. The smallest absolute Gasteiger partial charge is 0.0914 e. The molecule has 2 N–H and O–H groups in total. The van der Waals surface area contributed by atoms with Crippen molar-refractivity contribution in [3.63, 3.8) is 0 Å². The van der Waals surface area contributed by atoms with Crippen molar-refractivity contribution in [3.05, 3.63) is 58.9 Å². The van der Waals surface area contributed by atoms with E-state index in [4.69, 9.17) is 0 Å². The maximum absolute atomic E-state index is 10.1. The number of aromatic nitrogens is 1. The van der Waals surface area contributed by atoms with Gasteiger partial charge in [-0.2, -0.15) is 0 Å². The number of rotatable bonds is 6. The molecule has 3 heteroatoms. The Morgan fingerprint density at radius 2 is 1.90 bits per heavy atom. The van der Waals surface area contributed by atoms with Crippen LogP contribution in [0.25, 0.3) is 0 Å². The molecule has 2 aromatic rings. The normalized spacial score (nSPS) is 12.6. The average molecular weight is 272 g/mol. The summed E-state index contributed by atoms with van der Waals surface area (Å²) in [5, 5.41) is 13.4. The molecule has 0 saturated carbocycles. The Balaban J connectivity index is 1.90. The Kier molecular flexibility index (Phi) is 4.99. The number of hydrogen-bond donors (Lipinski definition) is 2. The molecule has 0 saturated heterocycles. The lowest BCUT2D eigenvalue weighted by Crippen LogP contribution is -2.21. The lowest BCUT2D eigenvalue weighted by atomic mass is 10.1. The molecule has 1 aromatic heterocycles. The third-order valence-electron chi connectivity index (χ3n) is 3.83. The summed E-state index contributed by atoms with van der Waals surface area (Å²) >= 11 is 0. The highest BCUT2D eigenvalue weighted by Gasteiger charge is 2.09. The molecule has 1 aromatic carbocycles. The molecule has 0 aliphatic heterocycles. The van der Waals surface area contributed by atoms with E-state index >= 15 is 0 Å². The van der Waals surface area contributed by atoms with E-state index in [-0.39, 0.29) is 0 Å². The predicted octanol–water partition coefficient (Wildman–Crippen LogP) is 2.95. The minimum absolute atomic E-state index is 0.453. The minimum atomic E-state index is -0.453. The molecule has 0 amide bonds. The van der Waals surface area contributed by atoms with Gasteiger partial charge in [0.25, 0.3) is 0 Å². The molecular weight excluding hydrogens is 248 g/mol. The first kappa shape index (κ1) is 14.8. The summed E-state index contributed by atoms with van der Waals surface area (Å²) in [6, 6.07) is 12.0. The van der Waals surface area contributed by atoms with Gasteiger partial charge < -0.3 is 15.0 Å². The highest BCUT2D eigenvalue weighted by Crippen LogP contribution is 2.15. The van der Waals surface area contributed by atoms with Gasteiger partial charge in [-0.3, -0.25) is 0 Å². The highest BCUT2D eigenvalue weighted by molar-refractivity contribution is 5.26. The molecule has 0 bridgehead atoms. The van der Waals surface area contributed by atoms with Crippen LogP contribution in [0.4, 0.5) is 0 Å². The van der Waals surface area contributed by atoms with Gasteiger partial charge >= 0.3 is 0 Å². The maximum Gasteiger partial charge on any atom is 0.0914 e. The molecule has 0 radical (unpaired) electrons. The van der Waals surface area contributed by atoms with E-state index in [2.05, 4.69) is 36.7 Å². The second-order valence-electron chi connectivity index (χ2n) is 5.20. The van der Waals surface area contributed by atoms with E-state index < -0.39 is 6.10 Å². The summed E-state index contributed by atoms with van der Waals surface area (Å²) in [5.74, 6) is 0. The van der Waals surface area contributed by atoms with Crippen molar-refractivity contribution in [1.29, 1.82) is 0 Å². The zero-order valence-electron chi connectivity index (χ0n) is 12.6. The van der Waals surface area contributed by atoms with Crippen LogP contribution in [-0.4, -0.2) is 16.2 Å². The van der Waals surface area contributed by atoms with Crippen LogP contribution in [0.3, 0.4) is 0 Å². The first-order chi connectivity index (χ1) is 9.63. The van der Waals surface area contributed by atoms with Gasteiger partial charge in [-0.25, -0.2) is 0 Å². The molecule has 1 atom stereocenters. The summed E-state index contributed by atoms with van der Waals surface area (Å²) in [6.07, 6.45) is -0.453. The molecule has 108 valence electrons. The molecule has 1 heterocycles. The van der Waals surface area contributed by atoms with Crippen molar-refractivity contribution in [2.45, 2.75) is 40.0 Å². The predicted molar refractivity (Wildman–Crippen MR) is 82.7 cm³/mol. The second kappa shape index (κ2) is 6.73. The van der Waals surface area contributed by atoms with Crippen LogP contribution >= 0.6 is 0 Å². The van der Waals surface area contributed by atoms with Crippen molar-refractivity contribution in [1.82, 2.24) is 9.88 Å². The van der Waals surface area contributed by atoms with Crippen molar-refractivity contribution in [2.24, 2.45) is 0 Å². The molecule has 2 rings (SSSR count). The van der Waals surface area contributed by atoms with Gasteiger partial charge in [-0.1, -0.05) is 30.3 Å². The SMILES string of the molecule is CCn1c(C)cc(CNCC(O)c2ccccc2)c1C. The van der Waals surface area contributed by atoms with Gasteiger partial charge in [0.2, 0.25) is 0 Å². The number of hydrogen-bond acceptors (Lipinski definition) is 2. The molecule has 0 spiro atoms. The summed E-state index contributed by atoms with van der Waals surface area (Å²) in [4.78, 5) is 0. The summed E-state index contributed by atoms with van der Waals surface area (Å²) in [6.45, 7) is 8.82. The number of benzene rings is 1. The van der Waals surface area contributed by atoms with E-state index in [1.807, 2.05) is 30.3 Å². The van der Waals surface area contributed by atoms with Gasteiger partial charge in [0, 0.05) is 31.0 Å². The van der Waals surface area contributed by atoms with Crippen LogP contribution in [0.5, 0.6) is 0 Å². The van der Waals surface area contributed by atoms with Gasteiger partial charge in [-0.05, 0) is 38.0 Å². The lowest BCUT2D eigenvalue weighted by molar-refractivity contribution is 0.174. The molecule has 0 aliphatic carbocycles. The third-order valence-corrected chi connectivity index (χ3v) is 3.83. The fraction of sp³-hybridized carbons (Fsp3) is 0.412. The molecular formula is C17H24N2O. The monoisotopic (exact) mass is 272 g/mol. The van der Waals surface area contributed by atoms with Crippen LogP contribution in [-0.2, 0) is 13.1 Å². The van der Waals surface area contributed by atoms with Crippen molar-refractivity contribution < 1.29 is 5.11 Å². The van der Waals surface area contributed by atoms with Crippen molar-refractivity contribution in [3.8, 4) is 0 Å². The average Bonchev–Trinajstić information content (AvgIpc) is 2.74. The Morgan fingerprint density at radius 3 is 2.50 bits per heavy atom. The summed E-state index contributed by atoms with van der Waals surface area (Å²) < 4.78 is 2.31. The fourth-order valence-electron chi connectivity index (χ4n) is 2.67. The Morgan fingerprint density at radius 1 is 1.20 bits per heavy atom. The Bertz CT molecular complexity index is 546. The highest BCUT2D eigenvalue weighted by atomic mass is 16.3. The van der Waals surface area contributed by atoms with E-state index in [0.717, 1.165) is 18.7 Å². The van der Waals surface area contributed by atoms with Crippen LogP contribution < -0.4 is 5.32 Å². The van der Waals surface area contributed by atoms with Crippen LogP contribution in [0.2, 0.25) is 0 Å². The van der Waals surface area contributed by atoms with Crippen LogP contribution in [0, 0.1) is 13.8 Å².